The zero-order chi connectivity index (χ0) is 12.3. The maximum Gasteiger partial charge on any atom is 0.131 e. The fourth-order valence-electron chi connectivity index (χ4n) is 1.40. The number of pyridine rings is 1. The van der Waals surface area contributed by atoms with Gasteiger partial charge in [0.1, 0.15) is 5.82 Å². The Morgan fingerprint density at radius 2 is 2.29 bits per heavy atom. The van der Waals surface area contributed by atoms with Crippen LogP contribution in [0.4, 0.5) is 11.5 Å². The van der Waals surface area contributed by atoms with Gasteiger partial charge in [-0.3, -0.25) is 4.68 Å². The van der Waals surface area contributed by atoms with Crippen LogP contribution in [-0.4, -0.2) is 14.8 Å². The molecular formula is C12H13N5. The molecule has 0 amide bonds. The van der Waals surface area contributed by atoms with Crippen LogP contribution in [0.15, 0.2) is 30.7 Å². The highest BCUT2D eigenvalue weighted by Crippen LogP contribution is 2.15. The van der Waals surface area contributed by atoms with Gasteiger partial charge in [0.15, 0.2) is 0 Å². The molecule has 0 aromatic carbocycles. The van der Waals surface area contributed by atoms with Crippen molar-refractivity contribution in [2.75, 3.05) is 5.32 Å². The van der Waals surface area contributed by atoms with Gasteiger partial charge in [0, 0.05) is 18.4 Å². The third kappa shape index (κ3) is 2.61. The fraction of sp³-hybridized carbons (Fsp3) is 0.250. The molecule has 2 aromatic heterocycles. The number of hydrogen-bond donors (Lipinski definition) is 1. The Kier molecular flexibility index (Phi) is 3.06. The summed E-state index contributed by atoms with van der Waals surface area (Å²) in [4.78, 5) is 4.14. The minimum atomic E-state index is 0.323. The van der Waals surface area contributed by atoms with E-state index < -0.39 is 0 Å². The van der Waals surface area contributed by atoms with E-state index in [0.29, 0.717) is 17.4 Å². The number of rotatable bonds is 3. The molecule has 0 bridgehead atoms. The summed E-state index contributed by atoms with van der Waals surface area (Å²) in [5, 5.41) is 16.1. The molecule has 5 nitrogen and oxygen atoms in total. The zero-order valence-electron chi connectivity index (χ0n) is 9.75. The number of nitriles is 1. The Bertz CT molecular complexity index is 550. The van der Waals surface area contributed by atoms with E-state index in [4.69, 9.17) is 5.26 Å². The molecule has 0 atom stereocenters. The van der Waals surface area contributed by atoms with Crippen molar-refractivity contribution >= 4 is 11.5 Å². The average Bonchev–Trinajstić information content (AvgIpc) is 2.78. The number of anilines is 2. The minimum absolute atomic E-state index is 0.323. The number of nitrogens with zero attached hydrogens (tertiary/aromatic N) is 4. The highest BCUT2D eigenvalue weighted by molar-refractivity contribution is 5.55. The second-order valence-electron chi connectivity index (χ2n) is 3.97. The molecule has 1 N–H and O–H groups in total. The van der Waals surface area contributed by atoms with E-state index in [1.165, 1.54) is 0 Å². The van der Waals surface area contributed by atoms with Crippen LogP contribution in [-0.2, 0) is 0 Å². The van der Waals surface area contributed by atoms with E-state index in [1.807, 2.05) is 10.9 Å². The first-order chi connectivity index (χ1) is 8.19. The van der Waals surface area contributed by atoms with Gasteiger partial charge < -0.3 is 5.32 Å². The first kappa shape index (κ1) is 11.1. The molecule has 0 aliphatic heterocycles. The van der Waals surface area contributed by atoms with Crippen LogP contribution in [0.5, 0.6) is 0 Å². The zero-order valence-corrected chi connectivity index (χ0v) is 9.75. The number of nitrogens with one attached hydrogen (secondary N) is 1. The van der Waals surface area contributed by atoms with Crippen LogP contribution in [0.2, 0.25) is 0 Å². The molecule has 5 heteroatoms. The SMILES string of the molecule is CC(C)n1cc(Nc2cc(C#N)ccn2)cn1. The van der Waals surface area contributed by atoms with Gasteiger partial charge >= 0.3 is 0 Å². The molecule has 2 aromatic rings. The van der Waals surface area contributed by atoms with Crippen molar-refractivity contribution in [3.8, 4) is 6.07 Å². The summed E-state index contributed by atoms with van der Waals surface area (Å²) in [6.45, 7) is 4.12. The van der Waals surface area contributed by atoms with Crippen LogP contribution < -0.4 is 5.32 Å². The number of aromatic nitrogens is 3. The molecule has 17 heavy (non-hydrogen) atoms. The van der Waals surface area contributed by atoms with Crippen molar-refractivity contribution < 1.29 is 0 Å². The molecule has 0 saturated carbocycles. The van der Waals surface area contributed by atoms with E-state index in [1.54, 1.807) is 24.5 Å². The van der Waals surface area contributed by atoms with Gasteiger partial charge in [-0.25, -0.2) is 4.98 Å². The van der Waals surface area contributed by atoms with Crippen molar-refractivity contribution in [2.45, 2.75) is 19.9 Å². The third-order valence-corrected chi connectivity index (χ3v) is 2.29. The summed E-state index contributed by atoms with van der Waals surface area (Å²) in [6, 6.07) is 5.77. The van der Waals surface area contributed by atoms with Crippen LogP contribution >= 0.6 is 0 Å². The summed E-state index contributed by atoms with van der Waals surface area (Å²) in [5.41, 5.74) is 1.44. The smallest absolute Gasteiger partial charge is 0.131 e. The minimum Gasteiger partial charge on any atom is -0.338 e. The van der Waals surface area contributed by atoms with Gasteiger partial charge in [-0.15, -0.1) is 0 Å². The molecule has 2 rings (SSSR count). The molecule has 0 aliphatic carbocycles. The lowest BCUT2D eigenvalue weighted by atomic mass is 10.3. The third-order valence-electron chi connectivity index (χ3n) is 2.29. The summed E-state index contributed by atoms with van der Waals surface area (Å²) in [6.07, 6.45) is 5.25. The normalized spacial score (nSPS) is 10.2. The Labute approximate surface area is 99.7 Å². The second-order valence-corrected chi connectivity index (χ2v) is 3.97. The second kappa shape index (κ2) is 4.66. The molecule has 0 radical (unpaired) electrons. The van der Waals surface area contributed by atoms with Crippen LogP contribution in [0, 0.1) is 11.3 Å². The van der Waals surface area contributed by atoms with Crippen molar-refractivity contribution in [1.29, 1.82) is 5.26 Å². The average molecular weight is 227 g/mol. The van der Waals surface area contributed by atoms with Crippen molar-refractivity contribution in [3.05, 3.63) is 36.3 Å². The fourth-order valence-corrected chi connectivity index (χ4v) is 1.40. The van der Waals surface area contributed by atoms with E-state index in [-0.39, 0.29) is 0 Å². The molecule has 0 spiro atoms. The Morgan fingerprint density at radius 1 is 1.47 bits per heavy atom. The molecular weight excluding hydrogens is 214 g/mol. The predicted molar refractivity (Wildman–Crippen MR) is 64.8 cm³/mol. The largest absolute Gasteiger partial charge is 0.338 e. The van der Waals surface area contributed by atoms with Gasteiger partial charge in [-0.05, 0) is 26.0 Å². The van der Waals surface area contributed by atoms with E-state index in [2.05, 4.69) is 35.3 Å². The van der Waals surface area contributed by atoms with E-state index >= 15 is 0 Å². The van der Waals surface area contributed by atoms with Crippen LogP contribution in [0.3, 0.4) is 0 Å². The maximum absolute atomic E-state index is 8.78. The molecule has 0 aliphatic rings. The summed E-state index contributed by atoms with van der Waals surface area (Å²) in [7, 11) is 0. The summed E-state index contributed by atoms with van der Waals surface area (Å²) < 4.78 is 1.86. The Morgan fingerprint density at radius 3 is 2.94 bits per heavy atom. The van der Waals surface area contributed by atoms with Crippen molar-refractivity contribution in [1.82, 2.24) is 14.8 Å². The van der Waals surface area contributed by atoms with Gasteiger partial charge in [0.05, 0.1) is 23.5 Å². The first-order valence-electron chi connectivity index (χ1n) is 5.36. The predicted octanol–water partition coefficient (Wildman–Crippen LogP) is 2.47. The van der Waals surface area contributed by atoms with Gasteiger partial charge in [0.2, 0.25) is 0 Å². The quantitative estimate of drug-likeness (QED) is 0.874. The molecule has 0 fully saturated rings. The lowest BCUT2D eigenvalue weighted by molar-refractivity contribution is 0.532. The number of hydrogen-bond acceptors (Lipinski definition) is 4. The lowest BCUT2D eigenvalue weighted by Crippen LogP contribution is -2.00. The highest BCUT2D eigenvalue weighted by atomic mass is 15.3. The molecule has 0 unspecified atom stereocenters. The van der Waals surface area contributed by atoms with E-state index in [9.17, 15) is 0 Å². The Hall–Kier alpha value is -2.35. The van der Waals surface area contributed by atoms with Crippen molar-refractivity contribution in [2.24, 2.45) is 0 Å². The monoisotopic (exact) mass is 227 g/mol. The van der Waals surface area contributed by atoms with Crippen molar-refractivity contribution in [3.63, 3.8) is 0 Å². The van der Waals surface area contributed by atoms with E-state index in [0.717, 1.165) is 5.69 Å². The highest BCUT2D eigenvalue weighted by Gasteiger charge is 2.03. The molecule has 2 heterocycles. The van der Waals surface area contributed by atoms with Crippen LogP contribution in [0.25, 0.3) is 0 Å². The lowest BCUT2D eigenvalue weighted by Gasteiger charge is -2.04. The molecule has 0 saturated heterocycles. The molecule has 86 valence electrons. The van der Waals surface area contributed by atoms with Gasteiger partial charge in [-0.2, -0.15) is 10.4 Å². The summed E-state index contributed by atoms with van der Waals surface area (Å²) >= 11 is 0. The Balaban J connectivity index is 2.17. The standard InChI is InChI=1S/C12H13N5/c1-9(2)17-8-11(7-15-17)16-12-5-10(6-13)3-4-14-12/h3-5,7-9H,1-2H3,(H,14,16). The summed E-state index contributed by atoms with van der Waals surface area (Å²) in [5.74, 6) is 0.646. The van der Waals surface area contributed by atoms with Gasteiger partial charge in [-0.1, -0.05) is 0 Å². The van der Waals surface area contributed by atoms with Crippen LogP contribution in [0.1, 0.15) is 25.5 Å². The topological polar surface area (TPSA) is 66.5 Å². The first-order valence-corrected chi connectivity index (χ1v) is 5.36. The van der Waals surface area contributed by atoms with Gasteiger partial charge in [0.25, 0.3) is 0 Å². The maximum atomic E-state index is 8.78.